The number of anilines is 1. The number of rotatable bonds is 12. The summed E-state index contributed by atoms with van der Waals surface area (Å²) in [4.78, 5) is 7.92. The van der Waals surface area contributed by atoms with Gasteiger partial charge in [-0.25, -0.2) is 14.4 Å². The van der Waals surface area contributed by atoms with Gasteiger partial charge in [0.15, 0.2) is 17.6 Å². The molecule has 1 unspecified atom stereocenters. The minimum absolute atomic E-state index is 0.218. The molecule has 0 fully saturated rings. The minimum atomic E-state index is -1.83. The lowest BCUT2D eigenvalue weighted by Crippen LogP contribution is -2.35. The Morgan fingerprint density at radius 1 is 1.19 bits per heavy atom. The Labute approximate surface area is 236 Å². The van der Waals surface area contributed by atoms with Gasteiger partial charge in [-0.1, -0.05) is 58.3 Å². The summed E-state index contributed by atoms with van der Waals surface area (Å²) in [6, 6.07) is 11.7. The zero-order chi connectivity index (χ0) is 26.4. The van der Waals surface area contributed by atoms with E-state index in [-0.39, 0.29) is 12.4 Å². The van der Waals surface area contributed by atoms with Gasteiger partial charge in [0.1, 0.15) is 4.70 Å². The molecule has 1 aliphatic rings. The zero-order valence-corrected chi connectivity index (χ0v) is 24.0. The molecule has 0 bridgehead atoms. The number of halogens is 2. The van der Waals surface area contributed by atoms with Crippen LogP contribution >= 0.6 is 46.3 Å². The summed E-state index contributed by atoms with van der Waals surface area (Å²) in [7, 11) is 0. The number of thioether (sulfide) groups is 1. The standard InChI is InChI=1S/C25H26Cl2N2O5S3/c1-2-17(13-24-28(9-3-11-33-34-30)20-15-18(26)5-7-22(20)35-24)14-25-29(10-4-12-37(31)32)21-16-19(27)6-8-23(21)36-25/h5-8,13-16H,2-4,9-12H2,1H3,(H-,30,31,32)/p+1. The molecule has 1 aromatic heterocycles. The second kappa shape index (κ2) is 13.5. The number of aromatic nitrogens is 1. The highest BCUT2D eigenvalue weighted by Crippen LogP contribution is 2.47. The Hall–Kier alpha value is -1.47. The second-order valence-corrected chi connectivity index (χ2v) is 12.3. The molecule has 0 spiro atoms. The van der Waals surface area contributed by atoms with Gasteiger partial charge in [-0.3, -0.25) is 0 Å². The third-order valence-corrected chi connectivity index (χ3v) is 9.11. The molecule has 2 aromatic carbocycles. The van der Waals surface area contributed by atoms with Crippen LogP contribution in [0.15, 0.2) is 58.0 Å². The van der Waals surface area contributed by atoms with Crippen molar-refractivity contribution in [3.8, 4) is 0 Å². The molecule has 0 saturated heterocycles. The highest BCUT2D eigenvalue weighted by molar-refractivity contribution is 8.03. The number of fused-ring (bicyclic) bond motifs is 2. The van der Waals surface area contributed by atoms with Crippen molar-refractivity contribution >= 4 is 79.4 Å². The fraction of sp³-hybridized carbons (Fsp3) is 0.320. The molecule has 3 aromatic rings. The van der Waals surface area contributed by atoms with E-state index in [0.717, 1.165) is 42.8 Å². The van der Waals surface area contributed by atoms with Crippen LogP contribution in [0.25, 0.3) is 16.3 Å². The van der Waals surface area contributed by atoms with Crippen molar-refractivity contribution < 1.29 is 28.5 Å². The van der Waals surface area contributed by atoms with E-state index < -0.39 is 11.1 Å². The van der Waals surface area contributed by atoms with Gasteiger partial charge >= 0.3 is 0 Å². The summed E-state index contributed by atoms with van der Waals surface area (Å²) in [5.41, 5.74) is 3.19. The molecule has 0 saturated carbocycles. The average molecular weight is 603 g/mol. The van der Waals surface area contributed by atoms with E-state index in [1.54, 1.807) is 23.1 Å². The number of thiazole rings is 1. The summed E-state index contributed by atoms with van der Waals surface area (Å²) < 4.78 is 23.8. The number of hydrogen-bond acceptors (Lipinski definition) is 7. The lowest BCUT2D eigenvalue weighted by molar-refractivity contribution is -0.670. The maximum absolute atomic E-state index is 11.2. The summed E-state index contributed by atoms with van der Waals surface area (Å²) in [5.74, 6) is 0.218. The van der Waals surface area contributed by atoms with Gasteiger partial charge in [0.25, 0.3) is 5.01 Å². The highest BCUT2D eigenvalue weighted by atomic mass is 35.5. The van der Waals surface area contributed by atoms with Gasteiger partial charge in [-0.05, 0) is 54.8 Å². The lowest BCUT2D eigenvalue weighted by Gasteiger charge is -2.20. The lowest BCUT2D eigenvalue weighted by atomic mass is 10.2. The summed E-state index contributed by atoms with van der Waals surface area (Å²) in [5, 5.41) is 15.6. The third-order valence-electron chi connectivity index (χ3n) is 5.77. The van der Waals surface area contributed by atoms with E-state index in [9.17, 15) is 8.76 Å². The molecule has 198 valence electrons. The van der Waals surface area contributed by atoms with Crippen LogP contribution < -0.4 is 9.47 Å². The van der Waals surface area contributed by atoms with Crippen LogP contribution in [0, 0.1) is 0 Å². The Balaban J connectivity index is 1.68. The summed E-state index contributed by atoms with van der Waals surface area (Å²) in [6.45, 7) is 3.64. The van der Waals surface area contributed by atoms with Crippen molar-refractivity contribution in [2.24, 2.45) is 0 Å². The summed E-state index contributed by atoms with van der Waals surface area (Å²) in [6.07, 6.45) is 6.39. The van der Waals surface area contributed by atoms with Gasteiger partial charge in [0, 0.05) is 40.0 Å². The quantitative estimate of drug-likeness (QED) is 0.0748. The van der Waals surface area contributed by atoms with Crippen molar-refractivity contribution in [1.82, 2.24) is 0 Å². The van der Waals surface area contributed by atoms with Gasteiger partial charge in [-0.15, -0.1) is 0 Å². The van der Waals surface area contributed by atoms with Crippen molar-refractivity contribution in [3.05, 3.63) is 68.1 Å². The van der Waals surface area contributed by atoms with E-state index in [0.29, 0.717) is 36.0 Å². The van der Waals surface area contributed by atoms with E-state index in [1.807, 2.05) is 36.4 Å². The molecule has 0 radical (unpaired) electrons. The number of nitrogens with zero attached hydrogens (tertiary/aromatic N) is 2. The van der Waals surface area contributed by atoms with Crippen LogP contribution in [-0.4, -0.2) is 32.9 Å². The topological polar surface area (TPSA) is 83.1 Å². The van der Waals surface area contributed by atoms with Gasteiger partial charge in [-0.2, -0.15) is 4.57 Å². The van der Waals surface area contributed by atoms with Crippen molar-refractivity contribution in [2.75, 3.05) is 23.8 Å². The molecule has 12 heteroatoms. The first-order chi connectivity index (χ1) is 17.9. The van der Waals surface area contributed by atoms with Crippen LogP contribution in [0.4, 0.5) is 5.69 Å². The predicted molar refractivity (Wildman–Crippen MR) is 153 cm³/mol. The fourth-order valence-electron chi connectivity index (χ4n) is 4.05. The molecule has 7 nitrogen and oxygen atoms in total. The third kappa shape index (κ3) is 7.35. The van der Waals surface area contributed by atoms with E-state index in [4.69, 9.17) is 28.5 Å². The van der Waals surface area contributed by atoms with Gasteiger partial charge in [0.2, 0.25) is 5.52 Å². The second-order valence-electron chi connectivity index (χ2n) is 8.25. The Morgan fingerprint density at radius 2 is 1.97 bits per heavy atom. The number of benzene rings is 2. The van der Waals surface area contributed by atoms with Crippen LogP contribution in [-0.2, 0) is 27.6 Å². The molecule has 37 heavy (non-hydrogen) atoms. The maximum Gasteiger partial charge on any atom is 0.263 e. The highest BCUT2D eigenvalue weighted by Gasteiger charge is 2.26. The van der Waals surface area contributed by atoms with Crippen LogP contribution in [0.5, 0.6) is 0 Å². The first kappa shape index (κ1) is 28.5. The molecular weight excluding hydrogens is 575 g/mol. The van der Waals surface area contributed by atoms with Gasteiger partial charge in [0.05, 0.1) is 23.1 Å². The molecule has 0 amide bonds. The molecular formula is C25H27Cl2N2O5S3+. The van der Waals surface area contributed by atoms with Gasteiger partial charge < -0.3 is 9.45 Å². The average Bonchev–Trinajstić information content (AvgIpc) is 3.38. The predicted octanol–water partition coefficient (Wildman–Crippen LogP) is 7.17. The molecule has 2 heterocycles. The molecule has 1 atom stereocenters. The Morgan fingerprint density at radius 3 is 2.73 bits per heavy atom. The van der Waals surface area contributed by atoms with Crippen LogP contribution in [0.3, 0.4) is 0 Å². The smallest absolute Gasteiger partial charge is 0.263 e. The maximum atomic E-state index is 11.2. The van der Waals surface area contributed by atoms with E-state index in [2.05, 4.69) is 38.5 Å². The Bertz CT molecular complexity index is 1350. The summed E-state index contributed by atoms with van der Waals surface area (Å²) >= 11 is 14.1. The number of allylic oxidation sites excluding steroid dienone is 2. The Kier molecular flexibility index (Phi) is 10.4. The van der Waals surface area contributed by atoms with Crippen LogP contribution in [0.1, 0.15) is 31.2 Å². The van der Waals surface area contributed by atoms with Crippen molar-refractivity contribution in [2.45, 2.75) is 37.6 Å². The number of hydrogen-bond donors (Lipinski definition) is 2. The molecule has 2 N–H and O–H groups in total. The SMILES string of the molecule is CCC(=Cc1sc2ccc(Cl)cc2[n+]1CCCOOO)C=C1Sc2ccc(Cl)cc2N1CCCS(=O)O. The van der Waals surface area contributed by atoms with E-state index in [1.165, 1.54) is 0 Å². The van der Waals surface area contributed by atoms with E-state index >= 15 is 0 Å². The minimum Gasteiger partial charge on any atom is -0.335 e. The van der Waals surface area contributed by atoms with Crippen molar-refractivity contribution in [3.63, 3.8) is 0 Å². The first-order valence-electron chi connectivity index (χ1n) is 11.7. The fourth-order valence-corrected chi connectivity index (χ4v) is 7.05. The molecule has 0 aliphatic carbocycles. The van der Waals surface area contributed by atoms with Crippen LogP contribution in [0.2, 0.25) is 10.0 Å². The largest absolute Gasteiger partial charge is 0.335 e. The normalized spacial score (nSPS) is 15.6. The molecule has 1 aliphatic heterocycles. The zero-order valence-electron chi connectivity index (χ0n) is 20.1. The number of aryl methyl sites for hydroxylation is 1. The molecule has 4 rings (SSSR count). The monoisotopic (exact) mass is 601 g/mol. The first-order valence-corrected chi connectivity index (χ1v) is 15.4. The van der Waals surface area contributed by atoms with Crippen molar-refractivity contribution in [1.29, 1.82) is 0 Å².